The van der Waals surface area contributed by atoms with Gasteiger partial charge in [0.1, 0.15) is 10.7 Å². The Hall–Kier alpha value is -2.93. The SMILES string of the molecule is Cc1ccc(S(=O)(=O)c2cc(NC(=O)c3ccccn3)cn2C)cc1. The monoisotopic (exact) mass is 355 g/mol. The smallest absolute Gasteiger partial charge is 0.274 e. The predicted molar refractivity (Wildman–Crippen MR) is 94.2 cm³/mol. The molecule has 25 heavy (non-hydrogen) atoms. The third-order valence-electron chi connectivity index (χ3n) is 3.72. The van der Waals surface area contributed by atoms with Gasteiger partial charge in [-0.1, -0.05) is 23.8 Å². The van der Waals surface area contributed by atoms with E-state index in [0.717, 1.165) is 5.56 Å². The second kappa shape index (κ2) is 6.52. The summed E-state index contributed by atoms with van der Waals surface area (Å²) in [6.07, 6.45) is 3.08. The Morgan fingerprint density at radius 2 is 1.84 bits per heavy atom. The molecule has 0 atom stereocenters. The van der Waals surface area contributed by atoms with E-state index >= 15 is 0 Å². The molecule has 128 valence electrons. The van der Waals surface area contributed by atoms with E-state index in [9.17, 15) is 13.2 Å². The van der Waals surface area contributed by atoms with Crippen LogP contribution >= 0.6 is 0 Å². The van der Waals surface area contributed by atoms with Gasteiger partial charge in [-0.25, -0.2) is 8.42 Å². The average molecular weight is 355 g/mol. The van der Waals surface area contributed by atoms with Crippen LogP contribution in [0.5, 0.6) is 0 Å². The molecule has 6 nitrogen and oxygen atoms in total. The van der Waals surface area contributed by atoms with Gasteiger partial charge in [0.05, 0.1) is 10.6 Å². The van der Waals surface area contributed by atoms with E-state index in [1.54, 1.807) is 55.7 Å². The fourth-order valence-electron chi connectivity index (χ4n) is 2.41. The molecular weight excluding hydrogens is 338 g/mol. The quantitative estimate of drug-likeness (QED) is 0.780. The van der Waals surface area contributed by atoms with Crippen LogP contribution in [0.15, 0.2) is 70.8 Å². The van der Waals surface area contributed by atoms with Crippen LogP contribution in [0.1, 0.15) is 16.1 Å². The van der Waals surface area contributed by atoms with E-state index in [1.165, 1.54) is 16.8 Å². The van der Waals surface area contributed by atoms with Crippen LogP contribution in [0.2, 0.25) is 0 Å². The number of sulfone groups is 1. The fourth-order valence-corrected chi connectivity index (χ4v) is 3.86. The number of pyridine rings is 1. The number of benzene rings is 1. The van der Waals surface area contributed by atoms with Crippen molar-refractivity contribution in [3.63, 3.8) is 0 Å². The number of aryl methyl sites for hydroxylation is 2. The summed E-state index contributed by atoms with van der Waals surface area (Å²) in [4.78, 5) is 16.3. The molecule has 0 saturated carbocycles. The molecule has 2 heterocycles. The molecule has 2 aromatic heterocycles. The normalized spacial score (nSPS) is 11.3. The van der Waals surface area contributed by atoms with Gasteiger partial charge in [0.2, 0.25) is 9.84 Å². The summed E-state index contributed by atoms with van der Waals surface area (Å²) in [5.74, 6) is -0.398. The number of amides is 1. The van der Waals surface area contributed by atoms with Crippen LogP contribution in [0.25, 0.3) is 0 Å². The third-order valence-corrected chi connectivity index (χ3v) is 5.57. The standard InChI is InChI=1S/C18H17N3O3S/c1-13-6-8-15(9-7-13)25(23,24)17-11-14(12-21(17)2)20-18(22)16-5-3-4-10-19-16/h3-12H,1-2H3,(H,20,22). The maximum atomic E-state index is 12.8. The van der Waals surface area contributed by atoms with Gasteiger partial charge < -0.3 is 9.88 Å². The largest absolute Gasteiger partial charge is 0.339 e. The summed E-state index contributed by atoms with van der Waals surface area (Å²) in [6.45, 7) is 1.89. The number of anilines is 1. The zero-order valence-electron chi connectivity index (χ0n) is 13.8. The first kappa shape index (κ1) is 16.9. The number of aromatic nitrogens is 2. The summed E-state index contributed by atoms with van der Waals surface area (Å²) in [6, 6.07) is 13.1. The average Bonchev–Trinajstić information content (AvgIpc) is 2.97. The molecule has 1 aromatic carbocycles. The number of hydrogen-bond acceptors (Lipinski definition) is 4. The Kier molecular flexibility index (Phi) is 4.41. The maximum absolute atomic E-state index is 12.8. The van der Waals surface area contributed by atoms with E-state index in [-0.39, 0.29) is 15.6 Å². The summed E-state index contributed by atoms with van der Waals surface area (Å²) in [5.41, 5.74) is 1.63. The van der Waals surface area contributed by atoms with Crippen molar-refractivity contribution in [2.75, 3.05) is 5.32 Å². The summed E-state index contributed by atoms with van der Waals surface area (Å²) in [5, 5.41) is 2.77. The summed E-state index contributed by atoms with van der Waals surface area (Å²) >= 11 is 0. The number of carbonyl (C=O) groups excluding carboxylic acids is 1. The van der Waals surface area contributed by atoms with Crippen molar-refractivity contribution in [3.05, 3.63) is 72.2 Å². The highest BCUT2D eigenvalue weighted by Crippen LogP contribution is 2.25. The first-order chi connectivity index (χ1) is 11.9. The summed E-state index contributed by atoms with van der Waals surface area (Å²) < 4.78 is 27.1. The molecule has 0 radical (unpaired) electrons. The molecule has 0 fully saturated rings. The minimum Gasteiger partial charge on any atom is -0.339 e. The van der Waals surface area contributed by atoms with Crippen molar-refractivity contribution in [1.82, 2.24) is 9.55 Å². The molecule has 3 rings (SSSR count). The minimum atomic E-state index is -3.67. The van der Waals surface area contributed by atoms with E-state index in [1.807, 2.05) is 6.92 Å². The lowest BCUT2D eigenvalue weighted by Gasteiger charge is -2.05. The Morgan fingerprint density at radius 3 is 2.48 bits per heavy atom. The van der Waals surface area contributed by atoms with Gasteiger partial charge in [0.25, 0.3) is 5.91 Å². The highest BCUT2D eigenvalue weighted by atomic mass is 32.2. The second-order valence-corrected chi connectivity index (χ2v) is 7.56. The van der Waals surface area contributed by atoms with E-state index in [4.69, 9.17) is 0 Å². The topological polar surface area (TPSA) is 81.1 Å². The fraction of sp³-hybridized carbons (Fsp3) is 0.111. The first-order valence-corrected chi connectivity index (χ1v) is 9.07. The van der Waals surface area contributed by atoms with Crippen molar-refractivity contribution < 1.29 is 13.2 Å². The van der Waals surface area contributed by atoms with Gasteiger partial charge in [-0.3, -0.25) is 9.78 Å². The molecule has 1 N–H and O–H groups in total. The van der Waals surface area contributed by atoms with Crippen molar-refractivity contribution in [1.29, 1.82) is 0 Å². The number of hydrogen-bond donors (Lipinski definition) is 1. The van der Waals surface area contributed by atoms with Crippen LogP contribution in [0, 0.1) is 6.92 Å². The minimum absolute atomic E-state index is 0.104. The number of rotatable bonds is 4. The Balaban J connectivity index is 1.90. The van der Waals surface area contributed by atoms with Crippen molar-refractivity contribution in [2.24, 2.45) is 7.05 Å². The van der Waals surface area contributed by atoms with Crippen LogP contribution in [-0.2, 0) is 16.9 Å². The predicted octanol–water partition coefficient (Wildman–Crippen LogP) is 2.81. The Bertz CT molecular complexity index is 1010. The molecule has 0 aliphatic rings. The second-order valence-electron chi connectivity index (χ2n) is 5.66. The maximum Gasteiger partial charge on any atom is 0.274 e. The van der Waals surface area contributed by atoms with Crippen LogP contribution < -0.4 is 5.32 Å². The number of nitrogens with one attached hydrogen (secondary N) is 1. The van der Waals surface area contributed by atoms with Crippen molar-refractivity contribution in [2.45, 2.75) is 16.8 Å². The molecule has 7 heteroatoms. The molecule has 0 aliphatic heterocycles. The highest BCUT2D eigenvalue weighted by Gasteiger charge is 2.22. The zero-order valence-corrected chi connectivity index (χ0v) is 14.6. The molecular formula is C18H17N3O3S. The Labute approximate surface area is 146 Å². The van der Waals surface area contributed by atoms with Crippen LogP contribution in [-0.4, -0.2) is 23.9 Å². The molecule has 1 amide bonds. The number of nitrogens with zero attached hydrogens (tertiary/aromatic N) is 2. The van der Waals surface area contributed by atoms with E-state index in [2.05, 4.69) is 10.3 Å². The lowest BCUT2D eigenvalue weighted by Crippen LogP contribution is -2.12. The van der Waals surface area contributed by atoms with Crippen LogP contribution in [0.3, 0.4) is 0 Å². The number of carbonyl (C=O) groups is 1. The summed E-state index contributed by atoms with van der Waals surface area (Å²) in [7, 11) is -2.05. The molecule has 0 bridgehead atoms. The van der Waals surface area contributed by atoms with Gasteiger partial charge >= 0.3 is 0 Å². The van der Waals surface area contributed by atoms with Gasteiger partial charge in [0, 0.05) is 19.4 Å². The van der Waals surface area contributed by atoms with Crippen molar-refractivity contribution in [3.8, 4) is 0 Å². The third kappa shape index (κ3) is 3.46. The zero-order chi connectivity index (χ0) is 18.0. The molecule has 3 aromatic rings. The lowest BCUT2D eigenvalue weighted by atomic mass is 10.2. The lowest BCUT2D eigenvalue weighted by molar-refractivity contribution is 0.102. The molecule has 0 spiro atoms. The Morgan fingerprint density at radius 1 is 1.12 bits per heavy atom. The van der Waals surface area contributed by atoms with E-state index < -0.39 is 15.7 Å². The highest BCUT2D eigenvalue weighted by molar-refractivity contribution is 7.91. The molecule has 0 saturated heterocycles. The first-order valence-electron chi connectivity index (χ1n) is 7.58. The molecule has 0 aliphatic carbocycles. The molecule has 0 unspecified atom stereocenters. The van der Waals surface area contributed by atoms with Gasteiger partial charge in [-0.15, -0.1) is 0 Å². The van der Waals surface area contributed by atoms with Crippen LogP contribution in [0.4, 0.5) is 5.69 Å². The van der Waals surface area contributed by atoms with Gasteiger partial charge in [0.15, 0.2) is 0 Å². The van der Waals surface area contributed by atoms with Gasteiger partial charge in [-0.05, 0) is 37.3 Å². The van der Waals surface area contributed by atoms with Gasteiger partial charge in [-0.2, -0.15) is 0 Å². The van der Waals surface area contributed by atoms with Crippen molar-refractivity contribution >= 4 is 21.4 Å². The van der Waals surface area contributed by atoms with E-state index in [0.29, 0.717) is 5.69 Å².